The molecule has 0 bridgehead atoms. The number of aliphatic hydroxyl groups is 3. The molecular weight excluding hydrogens is 1120 g/mol. The molecular formula is C35H50N15O23P4+. The van der Waals surface area contributed by atoms with Crippen molar-refractivity contribution in [3.05, 3.63) is 46.0 Å². The maximum absolute atomic E-state index is 13.8. The molecule has 422 valence electrons. The number of anilines is 3. The minimum Gasteiger partial charge on any atom is -0.387 e. The molecule has 15 N–H and O–H groups in total. The lowest BCUT2D eigenvalue weighted by Gasteiger charge is -2.26. The molecule has 0 spiro atoms. The van der Waals surface area contributed by atoms with Gasteiger partial charge in [0, 0.05) is 13.0 Å². The fourth-order valence-corrected chi connectivity index (χ4v) is 13.7. The Hall–Kier alpha value is -5.11. The van der Waals surface area contributed by atoms with E-state index in [4.69, 9.17) is 54.2 Å². The molecule has 9 heterocycles. The van der Waals surface area contributed by atoms with Gasteiger partial charge in [-0.25, -0.2) is 42.8 Å². The average Bonchev–Trinajstić information content (AvgIpc) is 4.23. The van der Waals surface area contributed by atoms with Crippen molar-refractivity contribution in [1.29, 1.82) is 0 Å². The normalized spacial score (nSPS) is 30.0. The quantitative estimate of drug-likeness (QED) is 0.0256. The van der Waals surface area contributed by atoms with Crippen molar-refractivity contribution in [3.63, 3.8) is 0 Å². The molecule has 77 heavy (non-hydrogen) atoms. The number of phosphoric acid groups is 4. The van der Waals surface area contributed by atoms with Crippen molar-refractivity contribution in [3.8, 4) is 0 Å². The molecule has 0 amide bonds. The number of methoxy groups -OCH3 is 1. The molecule has 3 aliphatic heterocycles. The molecule has 4 unspecified atom stereocenters. The van der Waals surface area contributed by atoms with E-state index in [1.54, 1.807) is 6.92 Å². The zero-order valence-corrected chi connectivity index (χ0v) is 43.5. The van der Waals surface area contributed by atoms with Gasteiger partial charge in [0.1, 0.15) is 54.7 Å². The van der Waals surface area contributed by atoms with Crippen LogP contribution in [0.3, 0.4) is 0 Å². The Labute approximate surface area is 429 Å². The second-order valence-electron chi connectivity index (χ2n) is 17.5. The topological polar surface area (TPSA) is 542 Å². The molecule has 42 heteroatoms. The molecule has 38 nitrogen and oxygen atoms in total. The van der Waals surface area contributed by atoms with Crippen molar-refractivity contribution in [2.45, 2.75) is 74.8 Å². The van der Waals surface area contributed by atoms with Gasteiger partial charge < -0.3 is 71.0 Å². The van der Waals surface area contributed by atoms with Crippen molar-refractivity contribution >= 4 is 82.5 Å². The Balaban J connectivity index is 0.876. The van der Waals surface area contributed by atoms with E-state index in [9.17, 15) is 62.7 Å². The van der Waals surface area contributed by atoms with Crippen molar-refractivity contribution in [2.24, 2.45) is 18.9 Å². The lowest BCUT2D eigenvalue weighted by molar-refractivity contribution is -0.745. The van der Waals surface area contributed by atoms with Crippen molar-refractivity contribution in [2.75, 3.05) is 50.7 Å². The summed E-state index contributed by atoms with van der Waals surface area (Å²) in [5.41, 5.74) is 15.9. The van der Waals surface area contributed by atoms with Gasteiger partial charge in [-0.05, 0) is 6.42 Å². The van der Waals surface area contributed by atoms with E-state index in [2.05, 4.69) is 48.5 Å². The van der Waals surface area contributed by atoms with Crippen LogP contribution in [0.15, 0.2) is 34.9 Å². The van der Waals surface area contributed by atoms with Crippen LogP contribution in [0.4, 0.5) is 17.7 Å². The number of ether oxygens (including phenoxy) is 4. The van der Waals surface area contributed by atoms with Gasteiger partial charge in [-0.1, -0.05) is 11.9 Å². The van der Waals surface area contributed by atoms with Gasteiger partial charge in [0.15, 0.2) is 35.2 Å². The van der Waals surface area contributed by atoms with Crippen LogP contribution in [0.1, 0.15) is 32.0 Å². The summed E-state index contributed by atoms with van der Waals surface area (Å²) in [6.45, 7) is -1.80. The van der Waals surface area contributed by atoms with Gasteiger partial charge in [-0.15, -0.1) is 0 Å². The molecule has 3 saturated heterocycles. The number of hydrogen-bond donors (Lipinski definition) is 12. The number of fused-ring (bicyclic) bond motifs is 3. The molecule has 0 aromatic carbocycles. The minimum atomic E-state index is -6.15. The number of aromatic amines is 2. The third-order valence-corrected chi connectivity index (χ3v) is 17.7. The number of phosphoric ester groups is 3. The number of nitrogen functional groups attached to an aromatic ring is 3. The molecule has 0 saturated carbocycles. The second-order valence-corrected chi connectivity index (χ2v) is 23.5. The summed E-state index contributed by atoms with van der Waals surface area (Å²) in [5, 5.41) is 33.0. The monoisotopic (exact) mass is 1170 g/mol. The zero-order valence-electron chi connectivity index (χ0n) is 39.9. The molecule has 6 aromatic rings. The Morgan fingerprint density at radius 1 is 0.688 bits per heavy atom. The van der Waals surface area contributed by atoms with Crippen molar-refractivity contribution in [1.82, 2.24) is 53.6 Å². The number of aliphatic hydroxyl groups excluding tert-OH is 3. The maximum atomic E-state index is 13.8. The maximum Gasteiger partial charge on any atom is 0.490 e. The highest BCUT2D eigenvalue weighted by atomic mass is 31.3. The van der Waals surface area contributed by atoms with Gasteiger partial charge in [-0.2, -0.15) is 13.6 Å². The van der Waals surface area contributed by atoms with E-state index in [0.717, 1.165) is 17.2 Å². The highest BCUT2D eigenvalue weighted by Crippen LogP contribution is 2.68. The van der Waals surface area contributed by atoms with Crippen LogP contribution in [0, 0.1) is 11.8 Å². The van der Waals surface area contributed by atoms with Gasteiger partial charge in [0.25, 0.3) is 17.1 Å². The predicted molar refractivity (Wildman–Crippen MR) is 251 cm³/mol. The molecule has 3 aliphatic rings. The summed E-state index contributed by atoms with van der Waals surface area (Å²) in [7, 11) is -20.5. The Bertz CT molecular complexity index is 3510. The number of aromatic nitrogens is 12. The number of rotatable bonds is 21. The largest absolute Gasteiger partial charge is 0.490 e. The first-order chi connectivity index (χ1) is 36.2. The van der Waals surface area contributed by atoms with E-state index in [1.165, 1.54) is 40.5 Å². The van der Waals surface area contributed by atoms with Crippen molar-refractivity contribution < 1.29 is 103 Å². The summed E-state index contributed by atoms with van der Waals surface area (Å²) >= 11 is 0. The summed E-state index contributed by atoms with van der Waals surface area (Å²) in [5.74, 6) is -2.68. The number of hydrogen-bond acceptors (Lipinski definition) is 28. The number of nitrogens with one attached hydrogen (secondary N) is 2. The van der Waals surface area contributed by atoms with Gasteiger partial charge >= 0.3 is 36.9 Å². The van der Waals surface area contributed by atoms with Crippen LogP contribution >= 0.6 is 31.3 Å². The zero-order chi connectivity index (χ0) is 55.7. The van der Waals surface area contributed by atoms with Crippen LogP contribution in [-0.4, -0.2) is 165 Å². The third kappa shape index (κ3) is 11.5. The van der Waals surface area contributed by atoms with E-state index < -0.39 is 135 Å². The molecule has 9 rings (SSSR count). The lowest BCUT2D eigenvalue weighted by Crippen LogP contribution is -2.45. The predicted octanol–water partition coefficient (Wildman–Crippen LogP) is -2.80. The van der Waals surface area contributed by atoms with E-state index in [-0.39, 0.29) is 64.2 Å². The third-order valence-electron chi connectivity index (χ3n) is 12.5. The minimum absolute atomic E-state index is 0.0171. The molecule has 0 aliphatic carbocycles. The first-order valence-corrected chi connectivity index (χ1v) is 28.5. The summed E-state index contributed by atoms with van der Waals surface area (Å²) in [4.78, 5) is 96.7. The Morgan fingerprint density at radius 2 is 1.29 bits per heavy atom. The molecule has 3 fully saturated rings. The number of nitrogens with zero attached hydrogens (tertiary/aromatic N) is 10. The fourth-order valence-electron chi connectivity index (χ4n) is 9.15. The summed E-state index contributed by atoms with van der Waals surface area (Å²) in [6, 6.07) is 0. The van der Waals surface area contributed by atoms with E-state index in [0.29, 0.717) is 0 Å². The molecule has 0 radical (unpaired) electrons. The van der Waals surface area contributed by atoms with E-state index in [1.807, 2.05) is 0 Å². The molecule has 16 atom stereocenters. The van der Waals surface area contributed by atoms with Gasteiger partial charge in [-0.3, -0.25) is 51.4 Å². The number of aryl methyl sites for hydroxylation is 1. The number of H-pyrrole nitrogens is 2. The highest BCUT2D eigenvalue weighted by Gasteiger charge is 2.53. The number of imidazole rings is 3. The summed E-state index contributed by atoms with van der Waals surface area (Å²) in [6.07, 6.45) is -10.4. The first-order valence-electron chi connectivity index (χ1n) is 22.5. The summed E-state index contributed by atoms with van der Waals surface area (Å²) < 4.78 is 111. The highest BCUT2D eigenvalue weighted by molar-refractivity contribution is 7.66. The van der Waals surface area contributed by atoms with Crippen LogP contribution < -0.4 is 32.9 Å². The fraction of sp³-hybridized carbons (Fsp3) is 0.571. The average molecular weight is 1170 g/mol. The Morgan fingerprint density at radius 3 is 1.96 bits per heavy atom. The SMILES string of the molecule is CC[C@H]1[C@@H](O)[C@H]([n+]2cn(C)c3c(=O)[nH]c(N)nc32)O[C@@H]1COP(=O)(O)OP(=O)(O)OP(=O)(O)OC[C@H]1O[C@@H](n2cnc3c(N)ncnc32)[C@H](COC)[C@@H]1OP(=O)(O)OC[C@H]1O[C@@H](n2cnc3c(=O)[nH]c(N)nc32)[C@H](O)[C@@H]1O. The molecule has 6 aromatic heterocycles. The number of nitrogens with two attached hydrogens (primary N) is 3. The van der Waals surface area contributed by atoms with Crippen LogP contribution in [0.2, 0.25) is 0 Å². The van der Waals surface area contributed by atoms with Crippen LogP contribution in [0.5, 0.6) is 0 Å². The van der Waals surface area contributed by atoms with Crippen LogP contribution in [0.25, 0.3) is 33.5 Å². The van der Waals surface area contributed by atoms with Gasteiger partial charge in [0.2, 0.25) is 17.7 Å². The van der Waals surface area contributed by atoms with Crippen LogP contribution in [-0.2, 0) is 71.0 Å². The Kier molecular flexibility index (Phi) is 15.8. The van der Waals surface area contributed by atoms with Gasteiger partial charge in [0.05, 0.1) is 58.2 Å². The second kappa shape index (κ2) is 21.5. The lowest BCUT2D eigenvalue weighted by atomic mass is 9.95. The standard InChI is InChI=1S/C35H49N15O23P4/c1-4-13-15(68-32(21(13)51)50-12-47(2)20-28(50)44-35(38)46-30(20)55)6-66-75(58,59)72-77(62,63)73-76(60,61)67-8-17-24(14(5-64-3)31(70-17)48-10-41-18-25(36)39-9-40-26(18)48)71-74(56,57)65-7-16-22(52)23(53)33(69-16)49-11-42-19-27(49)43-34(37)45-29(19)54/h9-17,21-24,31-33,51-53H,4-8H2,1-3H3,(H11-,36,37,38,39,40,43,44,45,46,54,55,56,57,58,59,60,61,62,63)/p+1/t13-,14-,15-,16-,17-,21-,22-,23-,24+,31-,32-,33-/m1/s1. The smallest absolute Gasteiger partial charge is 0.387 e. The first kappa shape index (κ1) is 56.6. The van der Waals surface area contributed by atoms with E-state index >= 15 is 0 Å².